The second-order valence-electron chi connectivity index (χ2n) is 2.65. The summed E-state index contributed by atoms with van der Waals surface area (Å²) >= 11 is 0. The fourth-order valence-corrected chi connectivity index (χ4v) is 0. The number of aliphatic hydroxyl groups excluding tert-OH is 5. The molecule has 0 rings (SSSR count). The Hall–Kier alpha value is -0.967. The molecular weight excluding hydrogens is 474 g/mol. The zero-order valence-corrected chi connectivity index (χ0v) is 18.3. The summed E-state index contributed by atoms with van der Waals surface area (Å²) in [7, 11) is 0. The summed E-state index contributed by atoms with van der Waals surface area (Å²) in [5.74, 6) is -7.20. The molecule has 0 fully saturated rings. The number of rotatable bonds is 5. The minimum Gasteiger partial charge on any atom is -0.548 e. The standard InChI is InChI=1S/5C2H4O3.Na.Zr/c5*3-1-2(4)5;;/h5*3H,1H2,(H,4,5);;/q;;;;;+1;+4/p-5. The maximum absolute atomic E-state index is 9.01. The van der Waals surface area contributed by atoms with E-state index in [1.807, 2.05) is 0 Å². The first-order valence-electron chi connectivity index (χ1n) is 5.39. The van der Waals surface area contributed by atoms with E-state index in [0.717, 1.165) is 0 Å². The number of carbonyl (C=O) groups is 5. The predicted octanol–water partition coefficient (Wildman–Crippen LogP) is -14.4. The van der Waals surface area contributed by atoms with E-state index in [1.54, 1.807) is 0 Å². The Morgan fingerprint density at radius 3 is 0.481 bits per heavy atom. The topological polar surface area (TPSA) is 302 Å². The van der Waals surface area contributed by atoms with Crippen molar-refractivity contribution in [3.8, 4) is 0 Å². The Kier molecular flexibility index (Phi) is 66.6. The third-order valence-corrected chi connectivity index (χ3v) is 0.645. The van der Waals surface area contributed by atoms with Crippen LogP contribution in [0.15, 0.2) is 0 Å². The fourth-order valence-electron chi connectivity index (χ4n) is 0. The summed E-state index contributed by atoms with van der Waals surface area (Å²) in [4.78, 5) is 45.0. The van der Waals surface area contributed by atoms with Crippen LogP contribution in [0.5, 0.6) is 0 Å². The molecule has 17 heteroatoms. The Bertz CT molecular complexity index is 294. The van der Waals surface area contributed by atoms with Crippen LogP contribution in [-0.4, -0.2) is 88.4 Å². The summed E-state index contributed by atoms with van der Waals surface area (Å²) in [6.45, 7) is -4.44. The SMILES string of the molecule is O=C([O-])CO.O=C([O-])CO.O=C([O-])CO.O=C([O-])CO.O=C([O-])CO.[Na+].[Zr+4]. The maximum Gasteiger partial charge on any atom is 4.00 e. The van der Waals surface area contributed by atoms with Crippen molar-refractivity contribution in [2.45, 2.75) is 0 Å². The van der Waals surface area contributed by atoms with Crippen LogP contribution < -0.4 is 55.1 Å². The Morgan fingerprint density at radius 1 is 0.444 bits per heavy atom. The van der Waals surface area contributed by atoms with Gasteiger partial charge in [-0.25, -0.2) is 0 Å². The summed E-state index contributed by atoms with van der Waals surface area (Å²) in [6.07, 6.45) is 0. The average Bonchev–Trinajstić information content (AvgIpc) is 2.56. The van der Waals surface area contributed by atoms with Gasteiger partial charge in [0.25, 0.3) is 0 Å². The quantitative estimate of drug-likeness (QED) is 0.224. The van der Waals surface area contributed by atoms with Gasteiger partial charge in [-0.1, -0.05) is 0 Å². The minimum atomic E-state index is -1.44. The smallest absolute Gasteiger partial charge is 0.548 e. The number of hydrogen-bond acceptors (Lipinski definition) is 15. The van der Waals surface area contributed by atoms with E-state index in [4.69, 9.17) is 75.0 Å². The van der Waals surface area contributed by atoms with Crippen LogP contribution in [0, 0.1) is 0 Å². The second kappa shape index (κ2) is 39.9. The zero-order chi connectivity index (χ0) is 21.4. The number of carboxylic acid groups (broad SMARTS) is 5. The van der Waals surface area contributed by atoms with Crippen LogP contribution in [0.25, 0.3) is 0 Å². The average molecular weight is 489 g/mol. The van der Waals surface area contributed by atoms with Gasteiger partial charge < -0.3 is 75.0 Å². The van der Waals surface area contributed by atoms with Crippen molar-refractivity contribution >= 4 is 29.8 Å². The first-order valence-corrected chi connectivity index (χ1v) is 5.39. The first kappa shape index (κ1) is 45.0. The molecule has 5 N–H and O–H groups in total. The molecule has 0 aliphatic carbocycles. The summed E-state index contributed by atoms with van der Waals surface area (Å²) in [5.41, 5.74) is 0. The predicted molar refractivity (Wildman–Crippen MR) is 60.5 cm³/mol. The molecule has 15 nitrogen and oxygen atoms in total. The van der Waals surface area contributed by atoms with Gasteiger partial charge in [-0.15, -0.1) is 0 Å². The van der Waals surface area contributed by atoms with Crippen LogP contribution in [0.1, 0.15) is 0 Å². The molecule has 0 amide bonds. The van der Waals surface area contributed by atoms with Gasteiger partial charge in [0.15, 0.2) is 0 Å². The second-order valence-corrected chi connectivity index (χ2v) is 2.65. The molecule has 0 aliphatic heterocycles. The van der Waals surface area contributed by atoms with E-state index in [1.165, 1.54) is 0 Å². The third kappa shape index (κ3) is 163. The molecule has 0 aliphatic rings. The van der Waals surface area contributed by atoms with Gasteiger partial charge in [-0.3, -0.25) is 0 Å². The van der Waals surface area contributed by atoms with Crippen molar-refractivity contribution in [3.63, 3.8) is 0 Å². The Labute approximate surface area is 192 Å². The molecule has 0 spiro atoms. The van der Waals surface area contributed by atoms with Gasteiger partial charge in [0.05, 0.1) is 62.9 Å². The van der Waals surface area contributed by atoms with Crippen molar-refractivity contribution in [2.24, 2.45) is 0 Å². The minimum absolute atomic E-state index is 0. The molecule has 0 heterocycles. The van der Waals surface area contributed by atoms with Gasteiger partial charge in [0.1, 0.15) is 0 Å². The molecule has 0 aromatic carbocycles. The normalized spacial score (nSPS) is 6.85. The third-order valence-electron chi connectivity index (χ3n) is 0.645. The largest absolute Gasteiger partial charge is 4.00 e. The van der Waals surface area contributed by atoms with E-state index in [2.05, 4.69) is 0 Å². The molecule has 27 heavy (non-hydrogen) atoms. The number of carbonyl (C=O) groups excluding carboxylic acids is 5. The molecule has 0 aromatic heterocycles. The van der Waals surface area contributed by atoms with Gasteiger partial charge >= 0.3 is 55.8 Å². The van der Waals surface area contributed by atoms with Crippen molar-refractivity contribution in [3.05, 3.63) is 0 Å². The molecule has 0 saturated carbocycles. The number of carboxylic acids is 5. The molecule has 0 radical (unpaired) electrons. The van der Waals surface area contributed by atoms with Crippen molar-refractivity contribution in [2.75, 3.05) is 33.0 Å². The summed E-state index contributed by atoms with van der Waals surface area (Å²) in [5, 5.41) is 82.4. The van der Waals surface area contributed by atoms with Crippen molar-refractivity contribution in [1.82, 2.24) is 0 Å². The van der Waals surface area contributed by atoms with Crippen molar-refractivity contribution < 1.29 is 131 Å². The van der Waals surface area contributed by atoms with E-state index >= 15 is 0 Å². The Morgan fingerprint density at radius 2 is 0.481 bits per heavy atom. The summed E-state index contributed by atoms with van der Waals surface area (Å²) < 4.78 is 0. The van der Waals surface area contributed by atoms with E-state index in [-0.39, 0.29) is 55.8 Å². The van der Waals surface area contributed by atoms with E-state index in [9.17, 15) is 0 Å². The van der Waals surface area contributed by atoms with Crippen LogP contribution in [0.3, 0.4) is 0 Å². The van der Waals surface area contributed by atoms with Gasteiger partial charge in [-0.05, 0) is 0 Å². The first-order chi connectivity index (χ1) is 11.4. The molecular formula is C10H15NaO15Zr. The maximum atomic E-state index is 9.01. The van der Waals surface area contributed by atoms with Crippen LogP contribution in [-0.2, 0) is 50.2 Å². The fraction of sp³-hybridized carbons (Fsp3) is 0.500. The van der Waals surface area contributed by atoms with Gasteiger partial charge in [0.2, 0.25) is 0 Å². The van der Waals surface area contributed by atoms with Gasteiger partial charge in [0, 0.05) is 0 Å². The molecule has 0 unspecified atom stereocenters. The number of hydrogen-bond donors (Lipinski definition) is 5. The monoisotopic (exact) mass is 488 g/mol. The van der Waals surface area contributed by atoms with Gasteiger partial charge in [-0.2, -0.15) is 0 Å². The van der Waals surface area contributed by atoms with Crippen LogP contribution >= 0.6 is 0 Å². The molecule has 0 bridgehead atoms. The summed E-state index contributed by atoms with van der Waals surface area (Å²) in [6, 6.07) is 0. The molecule has 150 valence electrons. The number of aliphatic hydroxyl groups is 5. The molecule has 0 saturated heterocycles. The molecule has 0 aromatic rings. The molecule has 0 atom stereocenters. The zero-order valence-electron chi connectivity index (χ0n) is 13.9. The number of aliphatic carboxylic acids is 5. The van der Waals surface area contributed by atoms with Crippen LogP contribution in [0.2, 0.25) is 0 Å². The van der Waals surface area contributed by atoms with Crippen molar-refractivity contribution in [1.29, 1.82) is 0 Å². The van der Waals surface area contributed by atoms with Crippen LogP contribution in [0.4, 0.5) is 0 Å². The van der Waals surface area contributed by atoms with E-state index in [0.29, 0.717) is 0 Å². The Balaban J connectivity index is -0.0000000364. The van der Waals surface area contributed by atoms with E-state index < -0.39 is 62.9 Å².